The second kappa shape index (κ2) is 4.85. The molecule has 1 heterocycles. The van der Waals surface area contributed by atoms with Gasteiger partial charge in [-0.3, -0.25) is 4.79 Å². The van der Waals surface area contributed by atoms with E-state index in [-0.39, 0.29) is 17.1 Å². The van der Waals surface area contributed by atoms with Gasteiger partial charge in [0.15, 0.2) is 17.5 Å². The lowest BCUT2D eigenvalue weighted by molar-refractivity contribution is 0.272. The molecule has 0 saturated carbocycles. The van der Waals surface area contributed by atoms with Crippen LogP contribution in [0.4, 0.5) is 13.2 Å². The second-order valence-electron chi connectivity index (χ2n) is 3.86. The molecule has 4 nitrogen and oxygen atoms in total. The Morgan fingerprint density at radius 1 is 1.26 bits per heavy atom. The van der Waals surface area contributed by atoms with Crippen LogP contribution < -0.4 is 5.43 Å². The fourth-order valence-electron chi connectivity index (χ4n) is 1.62. The van der Waals surface area contributed by atoms with Crippen LogP contribution in [-0.4, -0.2) is 14.9 Å². The predicted molar refractivity (Wildman–Crippen MR) is 60.4 cm³/mol. The third kappa shape index (κ3) is 2.24. The Labute approximate surface area is 105 Å². The molecule has 1 N–H and O–H groups in total. The van der Waals surface area contributed by atoms with E-state index in [1.54, 1.807) is 0 Å². The Bertz CT molecular complexity index is 698. The van der Waals surface area contributed by atoms with E-state index in [4.69, 9.17) is 5.11 Å². The number of aromatic nitrogens is 2. The number of nitrogens with zero attached hydrogens (tertiary/aromatic N) is 2. The van der Waals surface area contributed by atoms with Gasteiger partial charge >= 0.3 is 0 Å². The average Bonchev–Trinajstić information content (AvgIpc) is 2.37. The van der Waals surface area contributed by atoms with Gasteiger partial charge in [0.05, 0.1) is 6.61 Å². The minimum atomic E-state index is -1.62. The summed E-state index contributed by atoms with van der Waals surface area (Å²) >= 11 is 0. The Hall–Kier alpha value is -2.15. The summed E-state index contributed by atoms with van der Waals surface area (Å²) in [6.45, 7) is 0.820. The van der Waals surface area contributed by atoms with Crippen molar-refractivity contribution >= 4 is 0 Å². The van der Waals surface area contributed by atoms with Crippen molar-refractivity contribution in [2.24, 2.45) is 0 Å². The highest BCUT2D eigenvalue weighted by Gasteiger charge is 2.17. The van der Waals surface area contributed by atoms with E-state index in [0.29, 0.717) is 0 Å². The lowest BCUT2D eigenvalue weighted by Gasteiger charge is -2.11. The first-order chi connectivity index (χ1) is 8.95. The number of hydrogen-bond donors (Lipinski definition) is 1. The maximum absolute atomic E-state index is 13.6. The van der Waals surface area contributed by atoms with Crippen LogP contribution in [0.5, 0.6) is 0 Å². The third-order valence-electron chi connectivity index (χ3n) is 2.57. The van der Waals surface area contributed by atoms with Gasteiger partial charge < -0.3 is 5.11 Å². The highest BCUT2D eigenvalue weighted by Crippen LogP contribution is 2.19. The lowest BCUT2D eigenvalue weighted by Crippen LogP contribution is -2.19. The van der Waals surface area contributed by atoms with Gasteiger partial charge in [-0.15, -0.1) is 0 Å². The maximum Gasteiger partial charge on any atom is 0.206 e. The first-order valence-electron chi connectivity index (χ1n) is 5.30. The van der Waals surface area contributed by atoms with E-state index in [0.717, 1.165) is 22.9 Å². The van der Waals surface area contributed by atoms with E-state index in [1.165, 1.54) is 6.92 Å². The largest absolute Gasteiger partial charge is 0.390 e. The molecule has 1 aromatic heterocycles. The SMILES string of the molecule is Cc1cc(=O)c(CO)nn1-c1ccc(F)c(F)c1F. The fourth-order valence-corrected chi connectivity index (χ4v) is 1.62. The zero-order valence-electron chi connectivity index (χ0n) is 9.82. The molecule has 2 aromatic rings. The van der Waals surface area contributed by atoms with Crippen LogP contribution in [-0.2, 0) is 6.61 Å². The number of aliphatic hydroxyl groups is 1. The first kappa shape index (κ1) is 13.3. The van der Waals surface area contributed by atoms with Gasteiger partial charge in [0.25, 0.3) is 0 Å². The molecule has 0 atom stereocenters. The summed E-state index contributed by atoms with van der Waals surface area (Å²) < 4.78 is 40.6. The summed E-state index contributed by atoms with van der Waals surface area (Å²) in [5.74, 6) is -4.35. The Kier molecular flexibility index (Phi) is 3.39. The zero-order valence-corrected chi connectivity index (χ0v) is 9.82. The highest BCUT2D eigenvalue weighted by molar-refractivity contribution is 5.35. The van der Waals surface area contributed by atoms with Crippen molar-refractivity contribution in [3.8, 4) is 5.69 Å². The summed E-state index contributed by atoms with van der Waals surface area (Å²) in [6, 6.07) is 2.88. The van der Waals surface area contributed by atoms with E-state index in [1.807, 2.05) is 0 Å². The molecular formula is C12H9F3N2O2. The molecule has 0 spiro atoms. The Morgan fingerprint density at radius 2 is 1.95 bits per heavy atom. The van der Waals surface area contributed by atoms with Crippen molar-refractivity contribution in [2.75, 3.05) is 0 Å². The molecule has 0 aliphatic carbocycles. The van der Waals surface area contributed by atoms with Gasteiger partial charge in [0.2, 0.25) is 5.43 Å². The second-order valence-corrected chi connectivity index (χ2v) is 3.86. The van der Waals surface area contributed by atoms with E-state index >= 15 is 0 Å². The standard InChI is InChI=1S/C12H9F3N2O2/c1-6-4-10(19)8(5-18)16-17(6)9-3-2-7(13)11(14)12(9)15/h2-4,18H,5H2,1H3. The summed E-state index contributed by atoms with van der Waals surface area (Å²) in [4.78, 5) is 11.4. The smallest absolute Gasteiger partial charge is 0.206 e. The number of hydrogen-bond acceptors (Lipinski definition) is 3. The highest BCUT2D eigenvalue weighted by atomic mass is 19.2. The normalized spacial score (nSPS) is 10.8. The summed E-state index contributed by atoms with van der Waals surface area (Å²) in [7, 11) is 0. The zero-order chi connectivity index (χ0) is 14.2. The monoisotopic (exact) mass is 270 g/mol. The summed E-state index contributed by atoms with van der Waals surface area (Å²) in [6.07, 6.45) is 0. The van der Waals surface area contributed by atoms with E-state index in [2.05, 4.69) is 5.10 Å². The van der Waals surface area contributed by atoms with Crippen LogP contribution in [0.3, 0.4) is 0 Å². The van der Waals surface area contributed by atoms with Crippen molar-refractivity contribution < 1.29 is 18.3 Å². The predicted octanol–water partition coefficient (Wildman–Crippen LogP) is 1.45. The molecule has 1 aromatic carbocycles. The van der Waals surface area contributed by atoms with E-state index in [9.17, 15) is 18.0 Å². The lowest BCUT2D eigenvalue weighted by atomic mass is 10.2. The third-order valence-corrected chi connectivity index (χ3v) is 2.57. The molecular weight excluding hydrogens is 261 g/mol. The maximum atomic E-state index is 13.6. The number of benzene rings is 1. The fraction of sp³-hybridized carbons (Fsp3) is 0.167. The molecule has 0 aliphatic heterocycles. The van der Waals surface area contributed by atoms with Crippen LogP contribution in [0.15, 0.2) is 23.0 Å². The van der Waals surface area contributed by atoms with Gasteiger partial charge in [-0.25, -0.2) is 17.9 Å². The molecule has 100 valence electrons. The molecule has 19 heavy (non-hydrogen) atoms. The van der Waals surface area contributed by atoms with Crippen LogP contribution in [0, 0.1) is 24.4 Å². The molecule has 0 fully saturated rings. The Morgan fingerprint density at radius 3 is 2.58 bits per heavy atom. The molecule has 0 radical (unpaired) electrons. The number of halogens is 3. The van der Waals surface area contributed by atoms with Crippen molar-refractivity contribution in [2.45, 2.75) is 13.5 Å². The minimum absolute atomic E-state index is 0.213. The van der Waals surface area contributed by atoms with Crippen molar-refractivity contribution in [3.05, 3.63) is 57.3 Å². The minimum Gasteiger partial charge on any atom is -0.390 e. The van der Waals surface area contributed by atoms with Crippen LogP contribution in [0.1, 0.15) is 11.4 Å². The molecule has 0 saturated heterocycles. The molecule has 0 amide bonds. The number of aliphatic hydroxyl groups excluding tert-OH is 1. The molecule has 7 heteroatoms. The van der Waals surface area contributed by atoms with Gasteiger partial charge in [0.1, 0.15) is 11.4 Å². The van der Waals surface area contributed by atoms with Crippen molar-refractivity contribution in [3.63, 3.8) is 0 Å². The molecule has 2 rings (SSSR count). The molecule has 0 bridgehead atoms. The number of rotatable bonds is 2. The average molecular weight is 270 g/mol. The summed E-state index contributed by atoms with van der Waals surface area (Å²) in [5.41, 5.74) is -0.841. The van der Waals surface area contributed by atoms with E-state index < -0.39 is 29.5 Å². The van der Waals surface area contributed by atoms with Gasteiger partial charge in [-0.05, 0) is 19.1 Å². The van der Waals surface area contributed by atoms with Gasteiger partial charge in [-0.2, -0.15) is 5.10 Å². The summed E-state index contributed by atoms with van der Waals surface area (Å²) in [5, 5.41) is 12.7. The Balaban J connectivity index is 2.72. The van der Waals surface area contributed by atoms with Gasteiger partial charge in [-0.1, -0.05) is 0 Å². The molecule has 0 unspecified atom stereocenters. The van der Waals surface area contributed by atoms with Gasteiger partial charge in [0, 0.05) is 11.8 Å². The van der Waals surface area contributed by atoms with Crippen LogP contribution in [0.25, 0.3) is 5.69 Å². The van der Waals surface area contributed by atoms with Crippen LogP contribution in [0.2, 0.25) is 0 Å². The quantitative estimate of drug-likeness (QED) is 0.840. The van der Waals surface area contributed by atoms with Crippen molar-refractivity contribution in [1.82, 2.24) is 9.78 Å². The topological polar surface area (TPSA) is 55.1 Å². The number of aryl methyl sites for hydroxylation is 1. The van der Waals surface area contributed by atoms with Crippen LogP contribution >= 0.6 is 0 Å². The first-order valence-corrected chi connectivity index (χ1v) is 5.30. The molecule has 0 aliphatic rings. The van der Waals surface area contributed by atoms with Crippen molar-refractivity contribution in [1.29, 1.82) is 0 Å².